The number of hydrogen-bond acceptors (Lipinski definition) is 4. The molecule has 33 heavy (non-hydrogen) atoms. The van der Waals surface area contributed by atoms with Crippen LogP contribution in [0.25, 0.3) is 33.3 Å². The van der Waals surface area contributed by atoms with Crippen LogP contribution in [0.2, 0.25) is 0 Å². The summed E-state index contributed by atoms with van der Waals surface area (Å²) in [7, 11) is 3.44. The third-order valence-electron chi connectivity index (χ3n) is 6.17. The van der Waals surface area contributed by atoms with E-state index in [4.69, 9.17) is 9.72 Å². The van der Waals surface area contributed by atoms with Crippen molar-refractivity contribution in [1.29, 1.82) is 0 Å². The van der Waals surface area contributed by atoms with Gasteiger partial charge in [0.25, 0.3) is 5.56 Å². The molecule has 0 spiro atoms. The van der Waals surface area contributed by atoms with Crippen LogP contribution < -0.4 is 15.7 Å². The molecule has 6 nitrogen and oxygen atoms in total. The summed E-state index contributed by atoms with van der Waals surface area (Å²) in [4.78, 5) is 32.3. The van der Waals surface area contributed by atoms with Crippen LogP contribution >= 0.6 is 0 Å². The standard InChI is InChI=1S/C27H23N3O3/c1-17(18-9-5-4-6-10-18)30-25(19-13-15-20(33-3)16-14-19)28-26-23(27(30)32)24(31)21-11-7-8-12-22(21)29(26)2/h4-17H,1-3H3/t17-/m0/s1. The molecule has 0 N–H and O–H groups in total. The topological polar surface area (TPSA) is 66.1 Å². The van der Waals surface area contributed by atoms with Gasteiger partial charge in [-0.3, -0.25) is 14.2 Å². The minimum Gasteiger partial charge on any atom is -0.497 e. The lowest BCUT2D eigenvalue weighted by Gasteiger charge is -2.21. The van der Waals surface area contributed by atoms with Gasteiger partial charge < -0.3 is 9.30 Å². The average Bonchev–Trinajstić information content (AvgIpc) is 2.87. The van der Waals surface area contributed by atoms with E-state index in [0.29, 0.717) is 22.6 Å². The number of aromatic nitrogens is 3. The Labute approximate surface area is 190 Å². The predicted molar refractivity (Wildman–Crippen MR) is 131 cm³/mol. The monoisotopic (exact) mass is 437 g/mol. The fraction of sp³-hybridized carbons (Fsp3) is 0.148. The molecule has 0 radical (unpaired) electrons. The summed E-state index contributed by atoms with van der Waals surface area (Å²) in [5.41, 5.74) is 2.16. The third kappa shape index (κ3) is 3.31. The maximum Gasteiger partial charge on any atom is 0.267 e. The van der Waals surface area contributed by atoms with Crippen molar-refractivity contribution in [3.05, 3.63) is 105 Å². The highest BCUT2D eigenvalue weighted by Crippen LogP contribution is 2.27. The Bertz CT molecular complexity index is 1600. The largest absolute Gasteiger partial charge is 0.497 e. The van der Waals surface area contributed by atoms with E-state index in [1.54, 1.807) is 23.8 Å². The summed E-state index contributed by atoms with van der Waals surface area (Å²) in [6.07, 6.45) is 0. The lowest BCUT2D eigenvalue weighted by molar-refractivity contribution is 0.415. The van der Waals surface area contributed by atoms with Crippen LogP contribution in [-0.4, -0.2) is 21.2 Å². The number of hydrogen-bond donors (Lipinski definition) is 0. The second kappa shape index (κ2) is 8.06. The average molecular weight is 437 g/mol. The minimum atomic E-state index is -0.353. The van der Waals surface area contributed by atoms with Crippen molar-refractivity contribution >= 4 is 21.9 Å². The van der Waals surface area contributed by atoms with Gasteiger partial charge in [-0.05, 0) is 48.9 Å². The molecule has 0 unspecified atom stereocenters. The highest BCUT2D eigenvalue weighted by Gasteiger charge is 2.22. The van der Waals surface area contributed by atoms with Crippen LogP contribution in [0.4, 0.5) is 0 Å². The van der Waals surface area contributed by atoms with E-state index in [1.165, 1.54) is 0 Å². The van der Waals surface area contributed by atoms with Crippen LogP contribution in [0.3, 0.4) is 0 Å². The Morgan fingerprint density at radius 1 is 0.879 bits per heavy atom. The van der Waals surface area contributed by atoms with Gasteiger partial charge in [-0.15, -0.1) is 0 Å². The molecule has 2 aromatic heterocycles. The first-order chi connectivity index (χ1) is 16.0. The molecular formula is C27H23N3O3. The summed E-state index contributed by atoms with van der Waals surface area (Å²) in [5.74, 6) is 1.21. The number of pyridine rings is 1. The van der Waals surface area contributed by atoms with Crippen molar-refractivity contribution < 1.29 is 4.74 Å². The van der Waals surface area contributed by atoms with Crippen molar-refractivity contribution in [2.45, 2.75) is 13.0 Å². The van der Waals surface area contributed by atoms with Crippen LogP contribution in [0.15, 0.2) is 88.5 Å². The fourth-order valence-corrected chi connectivity index (χ4v) is 4.35. The Hall–Kier alpha value is -4.19. The molecular weight excluding hydrogens is 414 g/mol. The Balaban J connectivity index is 1.92. The van der Waals surface area contributed by atoms with E-state index in [2.05, 4.69) is 0 Å². The van der Waals surface area contributed by atoms with Crippen LogP contribution in [0, 0.1) is 0 Å². The molecule has 0 aliphatic heterocycles. The molecule has 0 bridgehead atoms. The molecule has 2 heterocycles. The zero-order chi connectivity index (χ0) is 23.1. The van der Waals surface area contributed by atoms with E-state index in [1.807, 2.05) is 85.3 Å². The van der Waals surface area contributed by atoms with Crippen LogP contribution in [-0.2, 0) is 7.05 Å². The second-order valence-corrected chi connectivity index (χ2v) is 8.03. The Morgan fingerprint density at radius 2 is 1.55 bits per heavy atom. The number of fused-ring (bicyclic) bond motifs is 2. The van der Waals surface area contributed by atoms with Gasteiger partial charge in [-0.2, -0.15) is 0 Å². The SMILES string of the molecule is COc1ccc(-c2nc3c(c(=O)c4ccccc4n3C)c(=O)n2[C@@H](C)c2ccccc2)cc1. The molecule has 5 rings (SSSR count). The normalized spacial score (nSPS) is 12.2. The number of benzene rings is 3. The van der Waals surface area contributed by atoms with Gasteiger partial charge in [-0.1, -0.05) is 42.5 Å². The van der Waals surface area contributed by atoms with Crippen LogP contribution in [0.5, 0.6) is 5.75 Å². The molecule has 0 aliphatic carbocycles. The molecule has 0 saturated heterocycles. The van der Waals surface area contributed by atoms with E-state index in [-0.39, 0.29) is 22.4 Å². The van der Waals surface area contributed by atoms with Crippen molar-refractivity contribution in [2.75, 3.05) is 7.11 Å². The first-order valence-electron chi connectivity index (χ1n) is 10.7. The number of methoxy groups -OCH3 is 1. The van der Waals surface area contributed by atoms with Crippen molar-refractivity contribution in [3.8, 4) is 17.1 Å². The number of ether oxygens (including phenoxy) is 1. The first kappa shape index (κ1) is 20.7. The maximum atomic E-state index is 14.0. The fourth-order valence-electron chi connectivity index (χ4n) is 4.35. The molecule has 0 saturated carbocycles. The Kier molecular flexibility index (Phi) is 5.05. The zero-order valence-electron chi connectivity index (χ0n) is 18.6. The number of aryl methyl sites for hydroxylation is 1. The summed E-state index contributed by atoms with van der Waals surface area (Å²) in [5, 5.41) is 0.596. The first-order valence-corrected chi connectivity index (χ1v) is 10.7. The summed E-state index contributed by atoms with van der Waals surface area (Å²) in [6, 6.07) is 24.1. The number of nitrogens with zero attached hydrogens (tertiary/aromatic N) is 3. The molecule has 164 valence electrons. The van der Waals surface area contributed by atoms with Crippen molar-refractivity contribution in [3.63, 3.8) is 0 Å². The predicted octanol–water partition coefficient (Wildman–Crippen LogP) is 4.53. The van der Waals surface area contributed by atoms with Gasteiger partial charge in [0.1, 0.15) is 17.0 Å². The molecule has 0 aliphatic rings. The van der Waals surface area contributed by atoms with Crippen LogP contribution in [0.1, 0.15) is 18.5 Å². The summed E-state index contributed by atoms with van der Waals surface area (Å²) >= 11 is 0. The summed E-state index contributed by atoms with van der Waals surface area (Å²) in [6.45, 7) is 1.95. The lowest BCUT2D eigenvalue weighted by Crippen LogP contribution is -2.31. The van der Waals surface area contributed by atoms with Gasteiger partial charge in [0.15, 0.2) is 5.65 Å². The van der Waals surface area contributed by atoms with E-state index in [9.17, 15) is 9.59 Å². The Morgan fingerprint density at radius 3 is 2.24 bits per heavy atom. The van der Waals surface area contributed by atoms with Gasteiger partial charge >= 0.3 is 0 Å². The van der Waals surface area contributed by atoms with Crippen molar-refractivity contribution in [2.24, 2.45) is 7.05 Å². The zero-order valence-corrected chi connectivity index (χ0v) is 18.6. The highest BCUT2D eigenvalue weighted by molar-refractivity contribution is 5.92. The smallest absolute Gasteiger partial charge is 0.267 e. The van der Waals surface area contributed by atoms with Gasteiger partial charge in [0.2, 0.25) is 5.43 Å². The number of para-hydroxylation sites is 1. The molecule has 3 aromatic carbocycles. The third-order valence-corrected chi connectivity index (χ3v) is 6.17. The molecule has 0 fully saturated rings. The quantitative estimate of drug-likeness (QED) is 0.388. The molecule has 5 aromatic rings. The second-order valence-electron chi connectivity index (χ2n) is 8.03. The summed E-state index contributed by atoms with van der Waals surface area (Å²) < 4.78 is 8.73. The van der Waals surface area contributed by atoms with E-state index < -0.39 is 0 Å². The molecule has 1 atom stereocenters. The van der Waals surface area contributed by atoms with Gasteiger partial charge in [0.05, 0.1) is 18.7 Å². The highest BCUT2D eigenvalue weighted by atomic mass is 16.5. The molecule has 0 amide bonds. The van der Waals surface area contributed by atoms with Crippen molar-refractivity contribution in [1.82, 2.24) is 14.1 Å². The minimum absolute atomic E-state index is 0.0937. The van der Waals surface area contributed by atoms with E-state index >= 15 is 0 Å². The maximum absolute atomic E-state index is 14.0. The molecule has 6 heteroatoms. The lowest BCUT2D eigenvalue weighted by atomic mass is 10.1. The van der Waals surface area contributed by atoms with Gasteiger partial charge in [0, 0.05) is 18.0 Å². The number of rotatable bonds is 4. The van der Waals surface area contributed by atoms with Gasteiger partial charge in [-0.25, -0.2) is 4.98 Å². The van der Waals surface area contributed by atoms with E-state index in [0.717, 1.165) is 16.6 Å².